The third-order valence-corrected chi connectivity index (χ3v) is 2.21. The molecule has 2 aromatic rings. The van der Waals surface area contributed by atoms with Crippen LogP contribution in [0, 0.1) is 5.82 Å². The number of aromatic nitrogens is 1. The molecule has 0 aliphatic rings. The standard InChI is InChI=1S/C14H11FN2O/c15-12-7-4-11(5-8-12)6-9-14(18)17-13-3-1-2-10-16-13/h1-10H,(H,16,17,18)/b9-6-. The summed E-state index contributed by atoms with van der Waals surface area (Å²) in [6, 6.07) is 11.1. The van der Waals surface area contributed by atoms with E-state index in [0.717, 1.165) is 5.56 Å². The van der Waals surface area contributed by atoms with E-state index >= 15 is 0 Å². The Balaban J connectivity index is 1.97. The number of nitrogens with zero attached hydrogens (tertiary/aromatic N) is 1. The van der Waals surface area contributed by atoms with Gasteiger partial charge in [-0.25, -0.2) is 9.37 Å². The molecular weight excluding hydrogens is 231 g/mol. The molecule has 0 atom stereocenters. The zero-order valence-electron chi connectivity index (χ0n) is 9.51. The summed E-state index contributed by atoms with van der Waals surface area (Å²) in [5, 5.41) is 2.61. The van der Waals surface area contributed by atoms with Crippen LogP contribution in [0.25, 0.3) is 6.08 Å². The van der Waals surface area contributed by atoms with Crippen molar-refractivity contribution in [1.29, 1.82) is 0 Å². The monoisotopic (exact) mass is 242 g/mol. The van der Waals surface area contributed by atoms with Gasteiger partial charge in [0.05, 0.1) is 0 Å². The maximum Gasteiger partial charge on any atom is 0.249 e. The molecule has 0 saturated heterocycles. The maximum absolute atomic E-state index is 12.7. The molecule has 0 aliphatic heterocycles. The predicted molar refractivity (Wildman–Crippen MR) is 68.3 cm³/mol. The van der Waals surface area contributed by atoms with Crippen LogP contribution in [0.3, 0.4) is 0 Å². The number of carbonyl (C=O) groups excluding carboxylic acids is 1. The molecule has 0 saturated carbocycles. The molecule has 4 heteroatoms. The highest BCUT2D eigenvalue weighted by molar-refractivity contribution is 6.01. The van der Waals surface area contributed by atoms with Gasteiger partial charge in [-0.2, -0.15) is 0 Å². The van der Waals surface area contributed by atoms with Crippen LogP contribution in [0.4, 0.5) is 10.2 Å². The van der Waals surface area contributed by atoms with Crippen molar-refractivity contribution in [2.45, 2.75) is 0 Å². The SMILES string of the molecule is O=C(/C=C\c1ccc(F)cc1)Nc1ccccn1. The van der Waals surface area contributed by atoms with E-state index in [-0.39, 0.29) is 11.7 Å². The molecule has 18 heavy (non-hydrogen) atoms. The number of hydrogen-bond donors (Lipinski definition) is 1. The number of rotatable bonds is 3. The molecule has 0 aliphatic carbocycles. The second-order valence-corrected chi connectivity index (χ2v) is 3.59. The Morgan fingerprint density at radius 2 is 1.94 bits per heavy atom. The number of benzene rings is 1. The van der Waals surface area contributed by atoms with Gasteiger partial charge < -0.3 is 5.32 Å². The number of hydrogen-bond acceptors (Lipinski definition) is 2. The molecule has 0 spiro atoms. The molecule has 0 radical (unpaired) electrons. The summed E-state index contributed by atoms with van der Waals surface area (Å²) < 4.78 is 12.7. The topological polar surface area (TPSA) is 42.0 Å². The average Bonchev–Trinajstić information content (AvgIpc) is 2.39. The van der Waals surface area contributed by atoms with Crippen molar-refractivity contribution in [2.75, 3.05) is 5.32 Å². The Morgan fingerprint density at radius 3 is 2.61 bits per heavy atom. The molecule has 1 heterocycles. The number of carbonyl (C=O) groups is 1. The van der Waals surface area contributed by atoms with Crippen LogP contribution in [-0.4, -0.2) is 10.9 Å². The van der Waals surface area contributed by atoms with Gasteiger partial charge in [-0.1, -0.05) is 18.2 Å². The van der Waals surface area contributed by atoms with Gasteiger partial charge >= 0.3 is 0 Å². The van der Waals surface area contributed by atoms with Crippen LogP contribution in [0.1, 0.15) is 5.56 Å². The van der Waals surface area contributed by atoms with Gasteiger partial charge in [0.25, 0.3) is 0 Å². The fraction of sp³-hybridized carbons (Fsp3) is 0. The molecule has 1 aromatic carbocycles. The first-order chi connectivity index (χ1) is 8.74. The Labute approximate surface area is 104 Å². The molecule has 1 aromatic heterocycles. The van der Waals surface area contributed by atoms with Crippen molar-refractivity contribution >= 4 is 17.8 Å². The molecule has 3 nitrogen and oxygen atoms in total. The largest absolute Gasteiger partial charge is 0.307 e. The van der Waals surface area contributed by atoms with E-state index in [0.29, 0.717) is 5.82 Å². The second kappa shape index (κ2) is 5.72. The third kappa shape index (κ3) is 3.52. The normalized spacial score (nSPS) is 10.5. The molecule has 0 bridgehead atoms. The van der Waals surface area contributed by atoms with Gasteiger partial charge in [-0.3, -0.25) is 4.79 Å². The summed E-state index contributed by atoms with van der Waals surface area (Å²) in [6.07, 6.45) is 4.58. The fourth-order valence-electron chi connectivity index (χ4n) is 1.35. The first kappa shape index (κ1) is 12.0. The summed E-state index contributed by atoms with van der Waals surface area (Å²) in [4.78, 5) is 15.5. The zero-order valence-corrected chi connectivity index (χ0v) is 9.51. The summed E-state index contributed by atoms with van der Waals surface area (Å²) in [6.45, 7) is 0. The van der Waals surface area contributed by atoms with Gasteiger partial charge in [0.1, 0.15) is 11.6 Å². The fourth-order valence-corrected chi connectivity index (χ4v) is 1.35. The van der Waals surface area contributed by atoms with E-state index in [1.54, 1.807) is 42.6 Å². The number of halogens is 1. The minimum Gasteiger partial charge on any atom is -0.307 e. The zero-order chi connectivity index (χ0) is 12.8. The van der Waals surface area contributed by atoms with Crippen molar-refractivity contribution in [1.82, 2.24) is 4.98 Å². The Morgan fingerprint density at radius 1 is 1.17 bits per heavy atom. The molecule has 90 valence electrons. The number of pyridine rings is 1. The molecule has 0 fully saturated rings. The first-order valence-corrected chi connectivity index (χ1v) is 5.40. The lowest BCUT2D eigenvalue weighted by Crippen LogP contribution is -2.08. The van der Waals surface area contributed by atoms with Gasteiger partial charge in [-0.15, -0.1) is 0 Å². The third-order valence-electron chi connectivity index (χ3n) is 2.21. The van der Waals surface area contributed by atoms with Crippen molar-refractivity contribution in [2.24, 2.45) is 0 Å². The van der Waals surface area contributed by atoms with Crippen LogP contribution in [0.5, 0.6) is 0 Å². The quantitative estimate of drug-likeness (QED) is 0.841. The minimum absolute atomic E-state index is 0.280. The van der Waals surface area contributed by atoms with Gasteiger partial charge in [0.15, 0.2) is 0 Å². The summed E-state index contributed by atoms with van der Waals surface area (Å²) in [5.41, 5.74) is 0.757. The highest BCUT2D eigenvalue weighted by Crippen LogP contribution is 2.05. The Hall–Kier alpha value is -2.49. The molecule has 1 N–H and O–H groups in total. The summed E-state index contributed by atoms with van der Waals surface area (Å²) in [5.74, 6) is -0.0885. The van der Waals surface area contributed by atoms with E-state index < -0.39 is 0 Å². The Bertz CT molecular complexity index is 550. The Kier molecular flexibility index (Phi) is 3.81. The van der Waals surface area contributed by atoms with E-state index in [4.69, 9.17) is 0 Å². The van der Waals surface area contributed by atoms with Crippen LogP contribution >= 0.6 is 0 Å². The van der Waals surface area contributed by atoms with Crippen molar-refractivity contribution in [3.05, 3.63) is 66.1 Å². The predicted octanol–water partition coefficient (Wildman–Crippen LogP) is 2.87. The van der Waals surface area contributed by atoms with Gasteiger partial charge in [0, 0.05) is 12.3 Å². The van der Waals surface area contributed by atoms with Crippen molar-refractivity contribution < 1.29 is 9.18 Å². The molecule has 0 unspecified atom stereocenters. The molecule has 1 amide bonds. The molecule has 2 rings (SSSR count). The van der Waals surface area contributed by atoms with E-state index in [1.807, 2.05) is 0 Å². The average molecular weight is 242 g/mol. The lowest BCUT2D eigenvalue weighted by Gasteiger charge is -1.99. The van der Waals surface area contributed by atoms with E-state index in [2.05, 4.69) is 10.3 Å². The number of amides is 1. The second-order valence-electron chi connectivity index (χ2n) is 3.59. The van der Waals surface area contributed by atoms with Crippen LogP contribution in [0.2, 0.25) is 0 Å². The van der Waals surface area contributed by atoms with Crippen LogP contribution in [-0.2, 0) is 4.79 Å². The molecular formula is C14H11FN2O. The van der Waals surface area contributed by atoms with Crippen molar-refractivity contribution in [3.8, 4) is 0 Å². The first-order valence-electron chi connectivity index (χ1n) is 5.40. The van der Waals surface area contributed by atoms with Crippen LogP contribution in [0.15, 0.2) is 54.7 Å². The highest BCUT2D eigenvalue weighted by atomic mass is 19.1. The number of anilines is 1. The smallest absolute Gasteiger partial charge is 0.249 e. The van der Waals surface area contributed by atoms with E-state index in [1.165, 1.54) is 18.2 Å². The lowest BCUT2D eigenvalue weighted by molar-refractivity contribution is -0.111. The highest BCUT2D eigenvalue weighted by Gasteiger charge is 1.97. The van der Waals surface area contributed by atoms with Crippen molar-refractivity contribution in [3.63, 3.8) is 0 Å². The number of nitrogens with one attached hydrogen (secondary N) is 1. The maximum atomic E-state index is 12.7. The van der Waals surface area contributed by atoms with Gasteiger partial charge in [-0.05, 0) is 35.9 Å². The van der Waals surface area contributed by atoms with E-state index in [9.17, 15) is 9.18 Å². The summed E-state index contributed by atoms with van der Waals surface area (Å²) in [7, 11) is 0. The summed E-state index contributed by atoms with van der Waals surface area (Å²) >= 11 is 0. The van der Waals surface area contributed by atoms with Crippen LogP contribution < -0.4 is 5.32 Å². The lowest BCUT2D eigenvalue weighted by atomic mass is 10.2. The van der Waals surface area contributed by atoms with Gasteiger partial charge in [0.2, 0.25) is 5.91 Å². The minimum atomic E-state index is -0.301.